The molecule has 4 heteroatoms. The van der Waals surface area contributed by atoms with Gasteiger partial charge in [-0.25, -0.2) is 0 Å². The summed E-state index contributed by atoms with van der Waals surface area (Å²) in [6.45, 7) is 8.41. The average Bonchev–Trinajstić information content (AvgIpc) is 2.85. The van der Waals surface area contributed by atoms with E-state index in [9.17, 15) is 0 Å². The van der Waals surface area contributed by atoms with E-state index in [-0.39, 0.29) is 18.2 Å². The van der Waals surface area contributed by atoms with E-state index < -0.39 is 0 Å². The molecule has 1 aromatic carbocycles. The molecule has 0 radical (unpaired) electrons. The Morgan fingerprint density at radius 2 is 1.76 bits per heavy atom. The summed E-state index contributed by atoms with van der Waals surface area (Å²) < 4.78 is 7.81. The summed E-state index contributed by atoms with van der Waals surface area (Å²) in [5.41, 5.74) is 2.35. The highest BCUT2D eigenvalue weighted by molar-refractivity contribution is 5.36. The van der Waals surface area contributed by atoms with Gasteiger partial charge in [-0.2, -0.15) is 5.10 Å². The average molecular weight is 287 g/mol. The van der Waals surface area contributed by atoms with Crippen LogP contribution in [0.1, 0.15) is 51.0 Å². The van der Waals surface area contributed by atoms with Crippen molar-refractivity contribution in [2.45, 2.75) is 45.9 Å². The molecule has 1 heterocycles. The number of hydrogen-bond acceptors (Lipinski definition) is 3. The molecule has 0 aliphatic heterocycles. The fraction of sp³-hybridized carbons (Fsp3) is 0.471. The zero-order chi connectivity index (χ0) is 15.4. The van der Waals surface area contributed by atoms with E-state index in [1.165, 1.54) is 11.3 Å². The number of hydrogen-bond donors (Lipinski definition) is 1. The lowest BCUT2D eigenvalue weighted by molar-refractivity contribution is 0.237. The molecule has 2 unspecified atom stereocenters. The van der Waals surface area contributed by atoms with Gasteiger partial charge in [0.2, 0.25) is 0 Å². The Hall–Kier alpha value is -1.81. The molecular weight excluding hydrogens is 262 g/mol. The number of nitrogens with zero attached hydrogens (tertiary/aromatic N) is 2. The summed E-state index contributed by atoms with van der Waals surface area (Å²) in [6, 6.07) is 10.7. The lowest BCUT2D eigenvalue weighted by Crippen LogP contribution is -2.25. The van der Waals surface area contributed by atoms with E-state index in [2.05, 4.69) is 36.4 Å². The largest absolute Gasteiger partial charge is 0.491 e. The lowest BCUT2D eigenvalue weighted by atomic mass is 10.1. The summed E-state index contributed by atoms with van der Waals surface area (Å²) in [5, 5.41) is 7.84. The van der Waals surface area contributed by atoms with Crippen LogP contribution in [-0.2, 0) is 7.05 Å². The van der Waals surface area contributed by atoms with Gasteiger partial charge in [-0.15, -0.1) is 0 Å². The van der Waals surface area contributed by atoms with Crippen molar-refractivity contribution in [1.82, 2.24) is 15.1 Å². The van der Waals surface area contributed by atoms with Crippen LogP contribution < -0.4 is 10.1 Å². The minimum Gasteiger partial charge on any atom is -0.491 e. The van der Waals surface area contributed by atoms with Gasteiger partial charge in [0.1, 0.15) is 5.75 Å². The number of rotatable bonds is 6. The van der Waals surface area contributed by atoms with E-state index >= 15 is 0 Å². The van der Waals surface area contributed by atoms with Gasteiger partial charge >= 0.3 is 0 Å². The zero-order valence-corrected chi connectivity index (χ0v) is 13.5. The quantitative estimate of drug-likeness (QED) is 0.882. The van der Waals surface area contributed by atoms with Crippen LogP contribution in [0, 0.1) is 0 Å². The topological polar surface area (TPSA) is 39.1 Å². The molecule has 2 rings (SSSR count). The smallest absolute Gasteiger partial charge is 0.124 e. The molecule has 2 aromatic rings. The molecular formula is C17H25N3O. The van der Waals surface area contributed by atoms with Crippen LogP contribution in [0.25, 0.3) is 0 Å². The number of aryl methyl sites for hydroxylation is 1. The second-order valence-electron chi connectivity index (χ2n) is 5.69. The summed E-state index contributed by atoms with van der Waals surface area (Å²) in [4.78, 5) is 0. The van der Waals surface area contributed by atoms with Gasteiger partial charge in [-0.05, 0) is 39.8 Å². The third-order valence-corrected chi connectivity index (χ3v) is 3.55. The van der Waals surface area contributed by atoms with Crippen LogP contribution >= 0.6 is 0 Å². The van der Waals surface area contributed by atoms with Crippen molar-refractivity contribution in [3.8, 4) is 5.75 Å². The monoisotopic (exact) mass is 287 g/mol. The molecule has 1 aromatic heterocycles. The van der Waals surface area contributed by atoms with Crippen molar-refractivity contribution in [1.29, 1.82) is 0 Å². The highest BCUT2D eigenvalue weighted by atomic mass is 16.5. The first-order valence-corrected chi connectivity index (χ1v) is 7.48. The normalized spacial score (nSPS) is 14.2. The predicted molar refractivity (Wildman–Crippen MR) is 85.4 cm³/mol. The minimum absolute atomic E-state index is 0.174. The van der Waals surface area contributed by atoms with Crippen LogP contribution in [0.4, 0.5) is 0 Å². The first-order valence-electron chi connectivity index (χ1n) is 7.48. The minimum atomic E-state index is 0.174. The van der Waals surface area contributed by atoms with Gasteiger partial charge in [0.05, 0.1) is 11.8 Å². The SMILES string of the molecule is CC(C)Oc1ccccc1C(C)NC(C)c1ccnn1C. The first kappa shape index (κ1) is 15.6. The summed E-state index contributed by atoms with van der Waals surface area (Å²) in [6.07, 6.45) is 2.00. The maximum absolute atomic E-state index is 5.90. The molecule has 114 valence electrons. The molecule has 1 N–H and O–H groups in total. The van der Waals surface area contributed by atoms with Gasteiger partial charge in [-0.1, -0.05) is 18.2 Å². The second-order valence-corrected chi connectivity index (χ2v) is 5.69. The Bertz CT molecular complexity index is 577. The van der Waals surface area contributed by atoms with Crippen molar-refractivity contribution >= 4 is 0 Å². The molecule has 4 nitrogen and oxygen atoms in total. The third kappa shape index (κ3) is 3.85. The van der Waals surface area contributed by atoms with Crippen molar-refractivity contribution in [2.75, 3.05) is 0 Å². The van der Waals surface area contributed by atoms with Gasteiger partial charge in [0.25, 0.3) is 0 Å². The van der Waals surface area contributed by atoms with Crippen molar-refractivity contribution in [3.05, 3.63) is 47.8 Å². The van der Waals surface area contributed by atoms with Crippen LogP contribution in [0.3, 0.4) is 0 Å². The molecule has 0 saturated carbocycles. The molecule has 0 bridgehead atoms. The van der Waals surface area contributed by atoms with E-state index in [0.29, 0.717) is 0 Å². The Morgan fingerprint density at radius 1 is 1.05 bits per heavy atom. The molecule has 0 fully saturated rings. The fourth-order valence-corrected chi connectivity index (χ4v) is 2.56. The van der Waals surface area contributed by atoms with Gasteiger partial charge in [-0.3, -0.25) is 4.68 Å². The number of para-hydroxylation sites is 1. The van der Waals surface area contributed by atoms with Gasteiger partial charge < -0.3 is 10.1 Å². The van der Waals surface area contributed by atoms with E-state index in [0.717, 1.165) is 5.75 Å². The summed E-state index contributed by atoms with van der Waals surface area (Å²) in [7, 11) is 1.97. The van der Waals surface area contributed by atoms with Crippen molar-refractivity contribution in [2.24, 2.45) is 7.05 Å². The standard InChI is InChI=1S/C17H25N3O/c1-12(2)21-17-9-7-6-8-15(17)13(3)19-14(4)16-10-11-18-20(16)5/h6-14,19H,1-5H3. The van der Waals surface area contributed by atoms with E-state index in [1.807, 2.05) is 50.0 Å². The zero-order valence-electron chi connectivity index (χ0n) is 13.5. The Labute approximate surface area is 127 Å². The highest BCUT2D eigenvalue weighted by Gasteiger charge is 2.16. The third-order valence-electron chi connectivity index (χ3n) is 3.55. The molecule has 21 heavy (non-hydrogen) atoms. The lowest BCUT2D eigenvalue weighted by Gasteiger charge is -2.23. The van der Waals surface area contributed by atoms with Crippen LogP contribution in [-0.4, -0.2) is 15.9 Å². The predicted octanol–water partition coefficient (Wildman–Crippen LogP) is 3.62. The van der Waals surface area contributed by atoms with E-state index in [1.54, 1.807) is 0 Å². The Balaban J connectivity index is 2.13. The molecule has 0 amide bonds. The maximum atomic E-state index is 5.90. The Kier molecular flexibility index (Phi) is 5.02. The summed E-state index contributed by atoms with van der Waals surface area (Å²) >= 11 is 0. The van der Waals surface area contributed by atoms with Crippen LogP contribution in [0.15, 0.2) is 36.5 Å². The highest BCUT2D eigenvalue weighted by Crippen LogP contribution is 2.27. The van der Waals surface area contributed by atoms with Crippen LogP contribution in [0.5, 0.6) is 5.75 Å². The molecule has 0 saturated heterocycles. The van der Waals surface area contributed by atoms with E-state index in [4.69, 9.17) is 4.74 Å². The molecule has 0 spiro atoms. The number of nitrogens with one attached hydrogen (secondary N) is 1. The molecule has 2 atom stereocenters. The maximum Gasteiger partial charge on any atom is 0.124 e. The summed E-state index contributed by atoms with van der Waals surface area (Å²) in [5.74, 6) is 0.949. The number of aromatic nitrogens is 2. The van der Waals surface area contributed by atoms with Gasteiger partial charge in [0.15, 0.2) is 0 Å². The molecule has 0 aliphatic carbocycles. The van der Waals surface area contributed by atoms with Crippen molar-refractivity contribution in [3.63, 3.8) is 0 Å². The number of benzene rings is 1. The second kappa shape index (κ2) is 6.76. The van der Waals surface area contributed by atoms with Crippen LogP contribution in [0.2, 0.25) is 0 Å². The first-order chi connectivity index (χ1) is 9.99. The van der Waals surface area contributed by atoms with Crippen molar-refractivity contribution < 1.29 is 4.74 Å². The fourth-order valence-electron chi connectivity index (χ4n) is 2.56. The van der Waals surface area contributed by atoms with Gasteiger partial charge in [0, 0.05) is 30.9 Å². The number of ether oxygens (including phenoxy) is 1. The molecule has 0 aliphatic rings. The Morgan fingerprint density at radius 3 is 2.38 bits per heavy atom.